The second kappa shape index (κ2) is 8.62. The van der Waals surface area contributed by atoms with Crippen molar-refractivity contribution < 1.29 is 23.5 Å². The van der Waals surface area contributed by atoms with Crippen LogP contribution in [0, 0.1) is 0 Å². The number of amides is 4. The second-order valence-corrected chi connectivity index (χ2v) is 9.66. The van der Waals surface area contributed by atoms with Crippen molar-refractivity contribution in [1.29, 1.82) is 0 Å². The zero-order chi connectivity index (χ0) is 26.6. The van der Waals surface area contributed by atoms with Crippen LogP contribution in [0.4, 0.5) is 10.6 Å². The molecular weight excluding hydrogens is 486 g/mol. The molecule has 0 unspecified atom stereocenters. The number of carbonyl (C=O) groups is 3. The number of pyridine rings is 1. The number of aromatic nitrogens is 1. The van der Waals surface area contributed by atoms with Gasteiger partial charge in [-0.1, -0.05) is 12.1 Å². The number of fused-ring (bicyclic) bond motifs is 2. The predicted octanol–water partition coefficient (Wildman–Crippen LogP) is 3.26. The molecule has 4 heterocycles. The van der Waals surface area contributed by atoms with Crippen molar-refractivity contribution in [3.8, 4) is 16.9 Å². The Balaban J connectivity index is 1.35. The molecule has 10 nitrogen and oxygen atoms in total. The minimum Gasteiger partial charge on any atom is -0.497 e. The van der Waals surface area contributed by atoms with Crippen molar-refractivity contribution in [3.05, 3.63) is 77.7 Å². The molecule has 38 heavy (non-hydrogen) atoms. The summed E-state index contributed by atoms with van der Waals surface area (Å²) in [6.07, 6.45) is 1.80. The third kappa shape index (κ3) is 3.73. The van der Waals surface area contributed by atoms with E-state index >= 15 is 0 Å². The van der Waals surface area contributed by atoms with E-state index in [-0.39, 0.29) is 18.2 Å². The smallest absolute Gasteiger partial charge is 0.322 e. The number of furan rings is 1. The van der Waals surface area contributed by atoms with Crippen LogP contribution >= 0.6 is 0 Å². The number of anilines is 1. The standard InChI is InChI=1S/C28H25N5O5/c1-32(2)24-9-6-17(13-29-24)16-5-8-22-19(10-16)11-23(38-22)28(26(35)30-27(36)31-28)15-33-14-18-4-7-20(37-3)12-21(18)25(33)34/h4-13H,14-15H2,1-3H3,(H2,30,31,35,36)/t28-/m0/s1. The van der Waals surface area contributed by atoms with Crippen LogP contribution in [0.1, 0.15) is 21.7 Å². The first-order chi connectivity index (χ1) is 18.3. The molecule has 2 aromatic heterocycles. The Morgan fingerprint density at radius 3 is 2.55 bits per heavy atom. The number of methoxy groups -OCH3 is 1. The molecule has 2 aliphatic rings. The molecule has 192 valence electrons. The summed E-state index contributed by atoms with van der Waals surface area (Å²) in [5.41, 5.74) is 2.16. The number of hydrogen-bond donors (Lipinski definition) is 2. The summed E-state index contributed by atoms with van der Waals surface area (Å²) in [5, 5.41) is 5.79. The molecule has 0 spiro atoms. The lowest BCUT2D eigenvalue weighted by Crippen LogP contribution is -2.52. The van der Waals surface area contributed by atoms with Gasteiger partial charge >= 0.3 is 6.03 Å². The maximum absolute atomic E-state index is 13.2. The molecule has 2 N–H and O–H groups in total. The van der Waals surface area contributed by atoms with Crippen LogP contribution in [-0.4, -0.2) is 55.5 Å². The highest BCUT2D eigenvalue weighted by atomic mass is 16.5. The molecule has 1 atom stereocenters. The Morgan fingerprint density at radius 2 is 1.87 bits per heavy atom. The second-order valence-electron chi connectivity index (χ2n) is 9.66. The topological polar surface area (TPSA) is 117 Å². The lowest BCUT2D eigenvalue weighted by atomic mass is 9.95. The van der Waals surface area contributed by atoms with Gasteiger partial charge in [-0.05, 0) is 53.6 Å². The highest BCUT2D eigenvalue weighted by Crippen LogP contribution is 2.36. The molecule has 4 aromatic rings. The summed E-state index contributed by atoms with van der Waals surface area (Å²) in [7, 11) is 5.40. The lowest BCUT2D eigenvalue weighted by Gasteiger charge is -2.29. The van der Waals surface area contributed by atoms with Crippen molar-refractivity contribution in [2.24, 2.45) is 0 Å². The first-order valence-electron chi connectivity index (χ1n) is 12.0. The number of urea groups is 1. The highest BCUT2D eigenvalue weighted by Gasteiger charge is 2.53. The van der Waals surface area contributed by atoms with E-state index in [2.05, 4.69) is 15.6 Å². The Kier molecular flexibility index (Phi) is 5.34. The summed E-state index contributed by atoms with van der Waals surface area (Å²) >= 11 is 0. The van der Waals surface area contributed by atoms with E-state index in [0.29, 0.717) is 23.4 Å². The molecule has 2 aromatic carbocycles. The zero-order valence-corrected chi connectivity index (χ0v) is 21.1. The number of imide groups is 1. The van der Waals surface area contributed by atoms with Gasteiger partial charge in [0, 0.05) is 43.4 Å². The third-order valence-electron chi connectivity index (χ3n) is 7.04. The molecule has 6 rings (SSSR count). The average Bonchev–Trinajstić information content (AvgIpc) is 3.57. The number of nitrogens with zero attached hydrogens (tertiary/aromatic N) is 3. The van der Waals surface area contributed by atoms with Crippen molar-refractivity contribution >= 4 is 34.6 Å². The number of benzene rings is 2. The van der Waals surface area contributed by atoms with Gasteiger partial charge in [-0.3, -0.25) is 14.9 Å². The minimum atomic E-state index is -1.58. The molecule has 0 bridgehead atoms. The molecule has 2 aliphatic heterocycles. The Bertz CT molecular complexity index is 1610. The number of rotatable bonds is 6. The normalized spacial score (nSPS) is 18.5. The summed E-state index contributed by atoms with van der Waals surface area (Å²) in [5.74, 6) is 0.837. The van der Waals surface area contributed by atoms with Crippen molar-refractivity contribution in [3.63, 3.8) is 0 Å². The monoisotopic (exact) mass is 511 g/mol. The molecule has 0 aliphatic carbocycles. The Labute approximate surface area is 218 Å². The highest BCUT2D eigenvalue weighted by molar-refractivity contribution is 6.08. The molecule has 1 saturated heterocycles. The Morgan fingerprint density at radius 1 is 1.05 bits per heavy atom. The van der Waals surface area contributed by atoms with Crippen LogP contribution in [-0.2, 0) is 16.9 Å². The fourth-order valence-corrected chi connectivity index (χ4v) is 4.99. The third-order valence-corrected chi connectivity index (χ3v) is 7.04. The van der Waals surface area contributed by atoms with Gasteiger partial charge < -0.3 is 24.3 Å². The number of carbonyl (C=O) groups excluding carboxylic acids is 3. The molecule has 10 heteroatoms. The van der Waals surface area contributed by atoms with E-state index < -0.39 is 17.5 Å². The first kappa shape index (κ1) is 23.5. The molecule has 0 saturated carbocycles. The summed E-state index contributed by atoms with van der Waals surface area (Å²) in [6.45, 7) is 0.201. The Hall–Kier alpha value is -4.86. The maximum atomic E-state index is 13.2. The average molecular weight is 512 g/mol. The lowest BCUT2D eigenvalue weighted by molar-refractivity contribution is -0.125. The van der Waals surface area contributed by atoms with Crippen LogP contribution in [0.2, 0.25) is 0 Å². The minimum absolute atomic E-state index is 0.0942. The van der Waals surface area contributed by atoms with E-state index in [9.17, 15) is 14.4 Å². The number of ether oxygens (including phenoxy) is 1. The van der Waals surface area contributed by atoms with Gasteiger partial charge in [0.05, 0.1) is 13.7 Å². The number of hydrogen-bond acceptors (Lipinski definition) is 7. The quantitative estimate of drug-likeness (QED) is 0.382. The zero-order valence-electron chi connectivity index (χ0n) is 21.1. The maximum Gasteiger partial charge on any atom is 0.322 e. The van der Waals surface area contributed by atoms with Gasteiger partial charge in [-0.15, -0.1) is 0 Å². The van der Waals surface area contributed by atoms with Crippen LogP contribution < -0.4 is 20.3 Å². The summed E-state index contributed by atoms with van der Waals surface area (Å²) in [4.78, 5) is 46.7. The van der Waals surface area contributed by atoms with Gasteiger partial charge in [0.2, 0.25) is 0 Å². The van der Waals surface area contributed by atoms with Crippen LogP contribution in [0.3, 0.4) is 0 Å². The van der Waals surface area contributed by atoms with Crippen LogP contribution in [0.25, 0.3) is 22.1 Å². The van der Waals surface area contributed by atoms with E-state index in [4.69, 9.17) is 9.15 Å². The van der Waals surface area contributed by atoms with E-state index in [0.717, 1.165) is 27.9 Å². The molecular formula is C28H25N5O5. The van der Waals surface area contributed by atoms with Gasteiger partial charge in [0.25, 0.3) is 11.8 Å². The number of nitrogens with one attached hydrogen (secondary N) is 2. The van der Waals surface area contributed by atoms with Gasteiger partial charge in [-0.2, -0.15) is 0 Å². The van der Waals surface area contributed by atoms with Gasteiger partial charge in [0.15, 0.2) is 5.54 Å². The summed E-state index contributed by atoms with van der Waals surface area (Å²) in [6, 6.07) is 16.0. The van der Waals surface area contributed by atoms with E-state index in [1.54, 1.807) is 24.4 Å². The van der Waals surface area contributed by atoms with E-state index in [1.807, 2.05) is 55.4 Å². The SMILES string of the molecule is COc1ccc2c(c1)C(=O)N(C[C@@]1(c3cc4cc(-c5ccc(N(C)C)nc5)ccc4o3)NC(=O)NC1=O)C2. The van der Waals surface area contributed by atoms with Crippen LogP contribution in [0.15, 0.2) is 65.2 Å². The molecule has 4 amide bonds. The van der Waals surface area contributed by atoms with Gasteiger partial charge in [-0.25, -0.2) is 9.78 Å². The van der Waals surface area contributed by atoms with Gasteiger partial charge in [0.1, 0.15) is 22.9 Å². The molecule has 1 fully saturated rings. The largest absolute Gasteiger partial charge is 0.497 e. The van der Waals surface area contributed by atoms with Crippen molar-refractivity contribution in [1.82, 2.24) is 20.5 Å². The predicted molar refractivity (Wildman–Crippen MR) is 140 cm³/mol. The summed E-state index contributed by atoms with van der Waals surface area (Å²) < 4.78 is 11.4. The fourth-order valence-electron chi connectivity index (χ4n) is 4.99. The van der Waals surface area contributed by atoms with Crippen molar-refractivity contribution in [2.75, 3.05) is 32.6 Å². The van der Waals surface area contributed by atoms with Crippen LogP contribution in [0.5, 0.6) is 5.75 Å². The van der Waals surface area contributed by atoms with Crippen molar-refractivity contribution in [2.45, 2.75) is 12.1 Å². The van der Waals surface area contributed by atoms with E-state index in [1.165, 1.54) is 12.0 Å². The fraction of sp³-hybridized carbons (Fsp3) is 0.214. The molecule has 0 radical (unpaired) electrons. The first-order valence-corrected chi connectivity index (χ1v) is 12.0.